The molecule has 3 aliphatic heterocycles. The molecule has 3 saturated heterocycles. The molecule has 0 saturated carbocycles. The standard InChI is InChI=1S/C26H26FN5O4S3/c1-16-20(13-22-25(34)32(26(37)38-22)19-7-12-39(35,36)15-19)23(29(2)24(33)21(16)14-28)31-10-8-30(9-11-31)18-5-3-17(27)4-6-18/h3-6,13,19H,7-12,15H2,1-2H3/b22-13-. The Hall–Kier alpha value is -3.21. The van der Waals surface area contributed by atoms with Gasteiger partial charge in [0, 0.05) is 44.5 Å². The van der Waals surface area contributed by atoms with Gasteiger partial charge >= 0.3 is 0 Å². The number of nitrogens with zero attached hydrogens (tertiary/aromatic N) is 5. The van der Waals surface area contributed by atoms with Crippen LogP contribution in [0.3, 0.4) is 0 Å². The van der Waals surface area contributed by atoms with Gasteiger partial charge in [0.1, 0.15) is 27.6 Å². The fourth-order valence-electron chi connectivity index (χ4n) is 5.33. The van der Waals surface area contributed by atoms with Gasteiger partial charge in [-0.3, -0.25) is 19.1 Å². The highest BCUT2D eigenvalue weighted by Gasteiger charge is 2.42. The number of pyridine rings is 1. The zero-order valence-corrected chi connectivity index (χ0v) is 23.8. The number of piperazine rings is 1. The number of aromatic nitrogens is 1. The molecule has 3 fully saturated rings. The molecule has 13 heteroatoms. The van der Waals surface area contributed by atoms with E-state index in [-0.39, 0.29) is 28.8 Å². The maximum absolute atomic E-state index is 13.4. The van der Waals surface area contributed by atoms with E-state index < -0.39 is 21.4 Å². The maximum atomic E-state index is 13.4. The Kier molecular flexibility index (Phi) is 7.30. The van der Waals surface area contributed by atoms with E-state index in [2.05, 4.69) is 4.90 Å². The number of carbonyl (C=O) groups is 1. The summed E-state index contributed by atoms with van der Waals surface area (Å²) in [4.78, 5) is 32.4. The second-order valence-electron chi connectivity index (χ2n) is 9.77. The van der Waals surface area contributed by atoms with Crippen LogP contribution in [0.25, 0.3) is 6.08 Å². The van der Waals surface area contributed by atoms with Crippen molar-refractivity contribution in [2.45, 2.75) is 19.4 Å². The van der Waals surface area contributed by atoms with Crippen LogP contribution in [0.5, 0.6) is 0 Å². The molecule has 0 N–H and O–H groups in total. The summed E-state index contributed by atoms with van der Waals surface area (Å²) in [6, 6.07) is 7.81. The van der Waals surface area contributed by atoms with Crippen molar-refractivity contribution in [2.75, 3.05) is 47.5 Å². The van der Waals surface area contributed by atoms with Crippen LogP contribution in [0.2, 0.25) is 0 Å². The van der Waals surface area contributed by atoms with Crippen LogP contribution in [0.4, 0.5) is 15.9 Å². The average molecular weight is 588 g/mol. The summed E-state index contributed by atoms with van der Waals surface area (Å²) in [5, 5.41) is 9.73. The first-order valence-corrected chi connectivity index (χ1v) is 15.4. The molecule has 2 aromatic rings. The van der Waals surface area contributed by atoms with E-state index in [0.717, 1.165) is 17.4 Å². The Morgan fingerprint density at radius 3 is 2.36 bits per heavy atom. The fraction of sp³-hybridized carbons (Fsp3) is 0.385. The lowest BCUT2D eigenvalue weighted by Gasteiger charge is -2.38. The van der Waals surface area contributed by atoms with Crippen LogP contribution in [0.15, 0.2) is 34.0 Å². The van der Waals surface area contributed by atoms with Gasteiger partial charge in [0.15, 0.2) is 9.84 Å². The minimum atomic E-state index is -3.22. The van der Waals surface area contributed by atoms with E-state index >= 15 is 0 Å². The third-order valence-electron chi connectivity index (χ3n) is 7.41. The third-order valence-corrected chi connectivity index (χ3v) is 10.5. The molecule has 1 aromatic carbocycles. The lowest BCUT2D eigenvalue weighted by molar-refractivity contribution is -0.123. The SMILES string of the molecule is Cc1c(/C=C2\SC(=S)N(C3CCS(=O)(=O)C3)C2=O)c(N2CCN(c3ccc(F)cc3)CC2)n(C)c(=O)c1C#N. The van der Waals surface area contributed by atoms with Crippen LogP contribution in [-0.2, 0) is 21.7 Å². The first kappa shape index (κ1) is 27.4. The number of thiocarbonyl (C=S) groups is 1. The molecule has 1 unspecified atom stereocenters. The first-order chi connectivity index (χ1) is 18.5. The van der Waals surface area contributed by atoms with Gasteiger partial charge in [0.25, 0.3) is 11.5 Å². The predicted molar refractivity (Wildman–Crippen MR) is 154 cm³/mol. The van der Waals surface area contributed by atoms with Crippen molar-refractivity contribution in [1.82, 2.24) is 9.47 Å². The monoisotopic (exact) mass is 587 g/mol. The second kappa shape index (κ2) is 10.4. The Morgan fingerprint density at radius 1 is 1.13 bits per heavy atom. The van der Waals surface area contributed by atoms with Crippen molar-refractivity contribution in [3.63, 3.8) is 0 Å². The molecule has 0 aliphatic carbocycles. The topological polar surface area (TPSA) is 107 Å². The van der Waals surface area contributed by atoms with Gasteiger partial charge in [-0.15, -0.1) is 0 Å². The lowest BCUT2D eigenvalue weighted by Crippen LogP contribution is -2.48. The van der Waals surface area contributed by atoms with E-state index in [1.807, 2.05) is 11.0 Å². The quantitative estimate of drug-likeness (QED) is 0.394. The Labute approximate surface area is 235 Å². The number of anilines is 2. The van der Waals surface area contributed by atoms with Gasteiger partial charge in [0.05, 0.1) is 22.5 Å². The summed E-state index contributed by atoms with van der Waals surface area (Å²) in [6.07, 6.45) is 2.00. The number of amides is 1. The summed E-state index contributed by atoms with van der Waals surface area (Å²) >= 11 is 6.56. The summed E-state index contributed by atoms with van der Waals surface area (Å²) in [7, 11) is -1.61. The first-order valence-electron chi connectivity index (χ1n) is 12.4. The molecule has 9 nitrogen and oxygen atoms in total. The van der Waals surface area contributed by atoms with Crippen molar-refractivity contribution in [2.24, 2.45) is 7.05 Å². The molecule has 0 radical (unpaired) electrons. The number of benzene rings is 1. The number of hydrogen-bond donors (Lipinski definition) is 0. The molecular formula is C26H26FN5O4S3. The zero-order chi connectivity index (χ0) is 28.1. The fourth-order valence-corrected chi connectivity index (χ4v) is 8.41. The lowest BCUT2D eigenvalue weighted by atomic mass is 10.0. The normalized spacial score (nSPS) is 22.2. The summed E-state index contributed by atoms with van der Waals surface area (Å²) in [5.41, 5.74) is 1.51. The molecule has 3 aliphatic rings. The van der Waals surface area contributed by atoms with Crippen LogP contribution in [-0.4, -0.2) is 71.8 Å². The highest BCUT2D eigenvalue weighted by molar-refractivity contribution is 8.26. The Bertz CT molecular complexity index is 1600. The molecule has 1 amide bonds. The second-order valence-corrected chi connectivity index (χ2v) is 13.7. The molecule has 0 bridgehead atoms. The van der Waals surface area contributed by atoms with Crippen LogP contribution in [0, 0.1) is 24.1 Å². The Balaban J connectivity index is 1.50. The molecular weight excluding hydrogens is 562 g/mol. The van der Waals surface area contributed by atoms with Crippen molar-refractivity contribution >= 4 is 61.6 Å². The predicted octanol–water partition coefficient (Wildman–Crippen LogP) is 2.42. The van der Waals surface area contributed by atoms with Crippen molar-refractivity contribution in [3.05, 3.63) is 62.0 Å². The smallest absolute Gasteiger partial charge is 0.270 e. The van der Waals surface area contributed by atoms with Gasteiger partial charge in [-0.2, -0.15) is 5.26 Å². The largest absolute Gasteiger partial charge is 0.368 e. The maximum Gasteiger partial charge on any atom is 0.270 e. The van der Waals surface area contributed by atoms with Gasteiger partial charge in [-0.05, 0) is 49.2 Å². The molecule has 204 valence electrons. The number of hydrogen-bond acceptors (Lipinski definition) is 9. The van der Waals surface area contributed by atoms with Crippen molar-refractivity contribution < 1.29 is 17.6 Å². The Morgan fingerprint density at radius 2 is 1.77 bits per heavy atom. The van der Waals surface area contributed by atoms with E-state index in [9.17, 15) is 27.7 Å². The highest BCUT2D eigenvalue weighted by Crippen LogP contribution is 2.38. The summed E-state index contributed by atoms with van der Waals surface area (Å²) in [6.45, 7) is 4.04. The van der Waals surface area contributed by atoms with E-state index in [4.69, 9.17) is 12.2 Å². The van der Waals surface area contributed by atoms with E-state index in [1.165, 1.54) is 21.6 Å². The summed E-state index contributed by atoms with van der Waals surface area (Å²) < 4.78 is 39.2. The van der Waals surface area contributed by atoms with Crippen LogP contribution in [0.1, 0.15) is 23.1 Å². The van der Waals surface area contributed by atoms with Gasteiger partial charge in [0.2, 0.25) is 0 Å². The highest BCUT2D eigenvalue weighted by atomic mass is 32.2. The number of sulfone groups is 1. The molecule has 39 heavy (non-hydrogen) atoms. The van der Waals surface area contributed by atoms with Crippen molar-refractivity contribution in [3.8, 4) is 6.07 Å². The van der Waals surface area contributed by atoms with Crippen LogP contribution >= 0.6 is 24.0 Å². The van der Waals surface area contributed by atoms with Gasteiger partial charge in [-0.1, -0.05) is 24.0 Å². The minimum absolute atomic E-state index is 0.00480. The number of rotatable bonds is 4. The number of thioether (sulfide) groups is 1. The van der Waals surface area contributed by atoms with E-state index in [0.29, 0.717) is 58.8 Å². The van der Waals surface area contributed by atoms with E-state index in [1.54, 1.807) is 32.2 Å². The third kappa shape index (κ3) is 5.08. The van der Waals surface area contributed by atoms with Gasteiger partial charge < -0.3 is 9.80 Å². The molecule has 5 rings (SSSR count). The molecule has 4 heterocycles. The minimum Gasteiger partial charge on any atom is -0.368 e. The van der Waals surface area contributed by atoms with Gasteiger partial charge in [-0.25, -0.2) is 12.8 Å². The molecule has 1 atom stereocenters. The molecule has 0 spiro atoms. The summed E-state index contributed by atoms with van der Waals surface area (Å²) in [5.74, 6) is -0.180. The van der Waals surface area contributed by atoms with Crippen molar-refractivity contribution in [1.29, 1.82) is 5.26 Å². The average Bonchev–Trinajstić information content (AvgIpc) is 3.40. The zero-order valence-electron chi connectivity index (χ0n) is 21.4. The van der Waals surface area contributed by atoms with Crippen LogP contribution < -0.4 is 15.4 Å². The molecule has 1 aromatic heterocycles. The number of halogens is 1. The number of carbonyl (C=O) groups excluding carboxylic acids is 1. The number of nitriles is 1.